The highest BCUT2D eigenvalue weighted by molar-refractivity contribution is 14.0. The van der Waals surface area contributed by atoms with Crippen LogP contribution in [0.5, 0.6) is 5.88 Å². The molecule has 2 N–H and O–H groups in total. The van der Waals surface area contributed by atoms with Crippen molar-refractivity contribution in [2.45, 2.75) is 32.2 Å². The SMILES string of the molecule is CN=C(NCCCOC(C)c1ccccc1)NCc1cccnc1OCC(F)(F)F.I. The van der Waals surface area contributed by atoms with Crippen molar-refractivity contribution in [3.8, 4) is 5.88 Å². The number of aromatic nitrogens is 1. The van der Waals surface area contributed by atoms with Crippen LogP contribution in [-0.4, -0.2) is 43.9 Å². The summed E-state index contributed by atoms with van der Waals surface area (Å²) in [6, 6.07) is 13.3. The standard InChI is InChI=1S/C21H27F3N4O2.HI/c1-16(17-8-4-3-5-9-17)29-13-7-12-27-20(25-2)28-14-18-10-6-11-26-19(18)30-15-21(22,23)24;/h3-6,8-11,16H,7,12-15H2,1-2H3,(H2,25,27,28);1H. The van der Waals surface area contributed by atoms with Crippen molar-refractivity contribution in [3.63, 3.8) is 0 Å². The molecular weight excluding hydrogens is 524 g/mol. The molecule has 0 amide bonds. The summed E-state index contributed by atoms with van der Waals surface area (Å²) in [5.41, 5.74) is 1.63. The molecule has 0 saturated carbocycles. The van der Waals surface area contributed by atoms with E-state index in [0.29, 0.717) is 24.7 Å². The summed E-state index contributed by atoms with van der Waals surface area (Å²) < 4.78 is 47.8. The summed E-state index contributed by atoms with van der Waals surface area (Å²) in [4.78, 5) is 7.99. The predicted molar refractivity (Wildman–Crippen MR) is 125 cm³/mol. The molecule has 6 nitrogen and oxygen atoms in total. The van der Waals surface area contributed by atoms with E-state index in [1.54, 1.807) is 19.2 Å². The van der Waals surface area contributed by atoms with E-state index in [9.17, 15) is 13.2 Å². The Hall–Kier alpha value is -2.08. The van der Waals surface area contributed by atoms with Gasteiger partial charge >= 0.3 is 6.18 Å². The zero-order valence-corrected chi connectivity index (χ0v) is 19.8. The van der Waals surface area contributed by atoms with Gasteiger partial charge in [0.15, 0.2) is 12.6 Å². The molecule has 0 fully saturated rings. The molecular formula is C21H28F3IN4O2. The lowest BCUT2D eigenvalue weighted by atomic mass is 10.1. The molecule has 0 aliphatic carbocycles. The van der Waals surface area contributed by atoms with Crippen molar-refractivity contribution < 1.29 is 22.6 Å². The van der Waals surface area contributed by atoms with E-state index in [1.165, 1.54) is 6.20 Å². The zero-order valence-electron chi connectivity index (χ0n) is 17.5. The van der Waals surface area contributed by atoms with Gasteiger partial charge in [0.05, 0.1) is 6.10 Å². The fourth-order valence-corrected chi connectivity index (χ4v) is 2.60. The Morgan fingerprint density at radius 3 is 2.55 bits per heavy atom. The zero-order chi connectivity index (χ0) is 21.8. The van der Waals surface area contributed by atoms with Crippen LogP contribution in [0.15, 0.2) is 53.7 Å². The number of guanidine groups is 1. The molecule has 0 spiro atoms. The molecule has 1 heterocycles. The number of nitrogens with zero attached hydrogens (tertiary/aromatic N) is 2. The second kappa shape index (κ2) is 14.1. The van der Waals surface area contributed by atoms with Gasteiger partial charge in [-0.3, -0.25) is 4.99 Å². The molecule has 31 heavy (non-hydrogen) atoms. The second-order valence-electron chi connectivity index (χ2n) is 6.50. The molecule has 0 bridgehead atoms. The fourth-order valence-electron chi connectivity index (χ4n) is 2.60. The van der Waals surface area contributed by atoms with E-state index in [1.807, 2.05) is 37.3 Å². The first kappa shape index (κ1) is 27.0. The first-order valence-electron chi connectivity index (χ1n) is 9.63. The Morgan fingerprint density at radius 2 is 1.87 bits per heavy atom. The summed E-state index contributed by atoms with van der Waals surface area (Å²) in [5, 5.41) is 6.19. The fraction of sp³-hybridized carbons (Fsp3) is 0.429. The molecule has 0 aliphatic rings. The third-order valence-corrected chi connectivity index (χ3v) is 4.14. The van der Waals surface area contributed by atoms with Gasteiger partial charge in [-0.2, -0.15) is 13.2 Å². The minimum Gasteiger partial charge on any atom is -0.468 e. The number of halogens is 4. The van der Waals surface area contributed by atoms with E-state index < -0.39 is 12.8 Å². The number of aliphatic imine (C=N–C) groups is 1. The van der Waals surface area contributed by atoms with Gasteiger partial charge in [-0.05, 0) is 25.0 Å². The van der Waals surface area contributed by atoms with Gasteiger partial charge in [-0.25, -0.2) is 4.98 Å². The normalized spacial score (nSPS) is 12.6. The largest absolute Gasteiger partial charge is 0.468 e. The smallest absolute Gasteiger partial charge is 0.422 e. The molecule has 0 aliphatic heterocycles. The van der Waals surface area contributed by atoms with Gasteiger partial charge < -0.3 is 20.1 Å². The van der Waals surface area contributed by atoms with Crippen LogP contribution in [0.4, 0.5) is 13.2 Å². The first-order valence-corrected chi connectivity index (χ1v) is 9.63. The van der Waals surface area contributed by atoms with Crippen LogP contribution in [0.25, 0.3) is 0 Å². The summed E-state index contributed by atoms with van der Waals surface area (Å²) in [7, 11) is 1.62. The minimum atomic E-state index is -4.42. The number of alkyl halides is 3. The van der Waals surface area contributed by atoms with Gasteiger partial charge in [0, 0.05) is 38.5 Å². The molecule has 0 saturated heterocycles. The Labute approximate surface area is 197 Å². The van der Waals surface area contributed by atoms with Crippen LogP contribution in [0.2, 0.25) is 0 Å². The Bertz CT molecular complexity index is 792. The van der Waals surface area contributed by atoms with Crippen molar-refractivity contribution in [2.75, 3.05) is 26.8 Å². The van der Waals surface area contributed by atoms with Gasteiger partial charge in [0.1, 0.15) is 0 Å². The molecule has 0 radical (unpaired) electrons. The third-order valence-electron chi connectivity index (χ3n) is 4.14. The molecule has 1 aromatic carbocycles. The molecule has 1 aromatic heterocycles. The molecule has 2 rings (SSSR count). The molecule has 172 valence electrons. The average Bonchev–Trinajstić information content (AvgIpc) is 2.74. The highest BCUT2D eigenvalue weighted by atomic mass is 127. The van der Waals surface area contributed by atoms with Crippen LogP contribution in [0.3, 0.4) is 0 Å². The molecule has 2 aromatic rings. The Balaban J connectivity index is 0.00000480. The van der Waals surface area contributed by atoms with Crippen molar-refractivity contribution in [1.29, 1.82) is 0 Å². The third kappa shape index (κ3) is 10.7. The number of hydrogen-bond donors (Lipinski definition) is 2. The van der Waals surface area contributed by atoms with Gasteiger partial charge in [-0.15, -0.1) is 24.0 Å². The summed E-state index contributed by atoms with van der Waals surface area (Å²) >= 11 is 0. The molecule has 1 atom stereocenters. The monoisotopic (exact) mass is 552 g/mol. The van der Waals surface area contributed by atoms with Crippen molar-refractivity contribution in [2.24, 2.45) is 4.99 Å². The number of ether oxygens (including phenoxy) is 2. The quantitative estimate of drug-likeness (QED) is 0.197. The number of hydrogen-bond acceptors (Lipinski definition) is 4. The summed E-state index contributed by atoms with van der Waals surface area (Å²) in [6.07, 6.45) is -2.24. The number of nitrogens with one attached hydrogen (secondary N) is 2. The van der Waals surface area contributed by atoms with Crippen LogP contribution in [0, 0.1) is 0 Å². The second-order valence-corrected chi connectivity index (χ2v) is 6.50. The van der Waals surface area contributed by atoms with Crippen LogP contribution >= 0.6 is 24.0 Å². The van der Waals surface area contributed by atoms with E-state index in [-0.39, 0.29) is 42.5 Å². The van der Waals surface area contributed by atoms with E-state index in [4.69, 9.17) is 9.47 Å². The molecule has 10 heteroatoms. The van der Waals surface area contributed by atoms with Crippen LogP contribution < -0.4 is 15.4 Å². The molecule has 1 unspecified atom stereocenters. The Morgan fingerprint density at radius 1 is 1.13 bits per heavy atom. The van der Waals surface area contributed by atoms with E-state index in [2.05, 4.69) is 20.6 Å². The lowest BCUT2D eigenvalue weighted by Gasteiger charge is -2.16. The maximum Gasteiger partial charge on any atom is 0.422 e. The van der Waals surface area contributed by atoms with Crippen molar-refractivity contribution >= 4 is 29.9 Å². The van der Waals surface area contributed by atoms with Crippen molar-refractivity contribution in [1.82, 2.24) is 15.6 Å². The number of pyridine rings is 1. The summed E-state index contributed by atoms with van der Waals surface area (Å²) in [5.74, 6) is 0.470. The van der Waals surface area contributed by atoms with E-state index in [0.717, 1.165) is 12.0 Å². The van der Waals surface area contributed by atoms with Crippen molar-refractivity contribution in [3.05, 3.63) is 59.8 Å². The number of rotatable bonds is 10. The lowest BCUT2D eigenvalue weighted by Crippen LogP contribution is -2.37. The minimum absolute atomic E-state index is 0. The number of benzene rings is 1. The van der Waals surface area contributed by atoms with Crippen LogP contribution in [-0.2, 0) is 11.3 Å². The van der Waals surface area contributed by atoms with Gasteiger partial charge in [0.2, 0.25) is 5.88 Å². The van der Waals surface area contributed by atoms with Gasteiger partial charge in [-0.1, -0.05) is 36.4 Å². The first-order chi connectivity index (χ1) is 14.4. The highest BCUT2D eigenvalue weighted by Gasteiger charge is 2.29. The van der Waals surface area contributed by atoms with Gasteiger partial charge in [0.25, 0.3) is 0 Å². The highest BCUT2D eigenvalue weighted by Crippen LogP contribution is 2.20. The maximum absolute atomic E-state index is 12.4. The van der Waals surface area contributed by atoms with E-state index >= 15 is 0 Å². The maximum atomic E-state index is 12.4. The van der Waals surface area contributed by atoms with Crippen LogP contribution in [0.1, 0.15) is 30.6 Å². The lowest BCUT2D eigenvalue weighted by molar-refractivity contribution is -0.154. The predicted octanol–water partition coefficient (Wildman–Crippen LogP) is 4.47. The Kier molecular flexibility index (Phi) is 12.2. The summed E-state index contributed by atoms with van der Waals surface area (Å²) in [6.45, 7) is 2.06. The topological polar surface area (TPSA) is 67.8 Å². The average molecular weight is 552 g/mol.